The molecule has 0 bridgehead atoms. The SMILES string of the molecule is O=C(N[C@H](C(Cl)(Cl)Cl)S(=O)(=O)c1ccc(Cl)cc1)c1ccccc1Cl. The predicted octanol–water partition coefficient (Wildman–Crippen LogP) is 4.89. The van der Waals surface area contributed by atoms with Gasteiger partial charge in [0.2, 0.25) is 13.6 Å². The molecule has 0 aromatic heterocycles. The van der Waals surface area contributed by atoms with Crippen LogP contribution in [-0.4, -0.2) is 23.5 Å². The van der Waals surface area contributed by atoms with Gasteiger partial charge in [0, 0.05) is 5.02 Å². The molecule has 1 atom stereocenters. The number of sulfone groups is 1. The first kappa shape index (κ1) is 20.6. The van der Waals surface area contributed by atoms with Gasteiger partial charge in [-0.25, -0.2) is 8.42 Å². The largest absolute Gasteiger partial charge is 0.332 e. The third-order valence-corrected chi connectivity index (χ3v) is 6.78. The van der Waals surface area contributed by atoms with Gasteiger partial charge < -0.3 is 5.32 Å². The molecule has 0 radical (unpaired) electrons. The van der Waals surface area contributed by atoms with Crippen molar-refractivity contribution in [2.45, 2.75) is 14.1 Å². The Bertz CT molecular complexity index is 879. The van der Waals surface area contributed by atoms with Crippen molar-refractivity contribution in [3.8, 4) is 0 Å². The smallest absolute Gasteiger partial charge is 0.253 e. The third-order valence-electron chi connectivity index (χ3n) is 3.13. The second-order valence-electron chi connectivity index (χ2n) is 4.87. The van der Waals surface area contributed by atoms with Gasteiger partial charge in [-0.15, -0.1) is 0 Å². The minimum Gasteiger partial charge on any atom is -0.332 e. The molecular weight excluding hydrogens is 452 g/mol. The molecule has 25 heavy (non-hydrogen) atoms. The first-order valence-corrected chi connectivity index (χ1v) is 10.1. The zero-order chi connectivity index (χ0) is 18.8. The summed E-state index contributed by atoms with van der Waals surface area (Å²) < 4.78 is 23.3. The highest BCUT2D eigenvalue weighted by Crippen LogP contribution is 2.36. The molecule has 0 aliphatic heterocycles. The molecule has 0 saturated carbocycles. The molecule has 0 unspecified atom stereocenters. The van der Waals surface area contributed by atoms with E-state index in [4.69, 9.17) is 58.0 Å². The summed E-state index contributed by atoms with van der Waals surface area (Å²) in [6.45, 7) is 0. The second kappa shape index (κ2) is 7.91. The number of halogens is 5. The monoisotopic (exact) mass is 459 g/mol. The number of carbonyl (C=O) groups excluding carboxylic acids is 1. The number of rotatable bonds is 4. The van der Waals surface area contributed by atoms with Gasteiger partial charge in [-0.05, 0) is 36.4 Å². The number of hydrogen-bond acceptors (Lipinski definition) is 3. The molecule has 0 spiro atoms. The highest BCUT2D eigenvalue weighted by Gasteiger charge is 2.44. The summed E-state index contributed by atoms with van der Waals surface area (Å²) in [5.74, 6) is -0.792. The first-order chi connectivity index (χ1) is 11.5. The van der Waals surface area contributed by atoms with Crippen LogP contribution in [0.1, 0.15) is 10.4 Å². The van der Waals surface area contributed by atoms with Crippen LogP contribution in [0.4, 0.5) is 0 Å². The zero-order valence-corrected chi connectivity index (χ0v) is 16.8. The lowest BCUT2D eigenvalue weighted by Crippen LogP contribution is -2.49. The Labute approximate surface area is 169 Å². The second-order valence-corrected chi connectivity index (χ2v) is 10.1. The van der Waals surface area contributed by atoms with Crippen LogP contribution in [0.2, 0.25) is 10.0 Å². The summed E-state index contributed by atoms with van der Waals surface area (Å²) in [5.41, 5.74) is 0.0507. The molecule has 4 nitrogen and oxygen atoms in total. The molecule has 2 rings (SSSR count). The molecule has 1 amide bonds. The Balaban J connectivity index is 2.42. The molecule has 0 aliphatic rings. The summed E-state index contributed by atoms with van der Waals surface area (Å²) in [4.78, 5) is 12.2. The van der Waals surface area contributed by atoms with Crippen molar-refractivity contribution in [1.82, 2.24) is 5.32 Å². The summed E-state index contributed by atoms with van der Waals surface area (Å²) >= 11 is 29.1. The quantitative estimate of drug-likeness (QED) is 0.659. The van der Waals surface area contributed by atoms with E-state index in [2.05, 4.69) is 5.32 Å². The molecule has 2 aromatic carbocycles. The molecule has 0 saturated heterocycles. The lowest BCUT2D eigenvalue weighted by atomic mass is 10.2. The van der Waals surface area contributed by atoms with E-state index < -0.39 is 24.9 Å². The first-order valence-electron chi connectivity index (χ1n) is 6.65. The van der Waals surface area contributed by atoms with Gasteiger partial charge in [0.1, 0.15) is 0 Å². The van der Waals surface area contributed by atoms with Crippen LogP contribution < -0.4 is 5.32 Å². The molecular formula is C15H10Cl5NO3S. The number of nitrogens with one attached hydrogen (secondary N) is 1. The summed E-state index contributed by atoms with van der Waals surface area (Å²) in [5, 5.41) is 0.858. The topological polar surface area (TPSA) is 63.2 Å². The van der Waals surface area contributed by atoms with E-state index in [1.807, 2.05) is 0 Å². The predicted molar refractivity (Wildman–Crippen MR) is 102 cm³/mol. The van der Waals surface area contributed by atoms with Gasteiger partial charge in [0.05, 0.1) is 15.5 Å². The average molecular weight is 462 g/mol. The van der Waals surface area contributed by atoms with E-state index in [0.29, 0.717) is 5.02 Å². The highest BCUT2D eigenvalue weighted by atomic mass is 35.6. The Hall–Kier alpha value is -0.690. The van der Waals surface area contributed by atoms with Crippen molar-refractivity contribution in [3.05, 3.63) is 64.1 Å². The van der Waals surface area contributed by atoms with E-state index in [1.54, 1.807) is 12.1 Å². The van der Waals surface area contributed by atoms with Crippen LogP contribution in [0.3, 0.4) is 0 Å². The summed E-state index contributed by atoms with van der Waals surface area (Å²) in [6.07, 6.45) is 0. The maximum atomic E-state index is 12.8. The molecule has 1 N–H and O–H groups in total. The van der Waals surface area contributed by atoms with E-state index in [-0.39, 0.29) is 15.5 Å². The van der Waals surface area contributed by atoms with E-state index in [9.17, 15) is 13.2 Å². The van der Waals surface area contributed by atoms with Gasteiger partial charge >= 0.3 is 0 Å². The number of carbonyl (C=O) groups is 1. The molecule has 10 heteroatoms. The number of hydrogen-bond donors (Lipinski definition) is 1. The molecule has 2 aromatic rings. The maximum Gasteiger partial charge on any atom is 0.253 e. The van der Waals surface area contributed by atoms with Gasteiger partial charge in [0.15, 0.2) is 5.37 Å². The number of alkyl halides is 3. The van der Waals surface area contributed by atoms with Crippen molar-refractivity contribution >= 4 is 73.7 Å². The van der Waals surface area contributed by atoms with Crippen LogP contribution in [0.25, 0.3) is 0 Å². The van der Waals surface area contributed by atoms with Crippen LogP contribution in [0, 0.1) is 0 Å². The van der Waals surface area contributed by atoms with Gasteiger partial charge in [0.25, 0.3) is 5.91 Å². The van der Waals surface area contributed by atoms with Gasteiger partial charge in [-0.2, -0.15) is 0 Å². The Morgan fingerprint density at radius 1 is 0.960 bits per heavy atom. The molecule has 0 aliphatic carbocycles. The van der Waals surface area contributed by atoms with Crippen molar-refractivity contribution < 1.29 is 13.2 Å². The lowest BCUT2D eigenvalue weighted by Gasteiger charge is -2.25. The van der Waals surface area contributed by atoms with Gasteiger partial charge in [-0.3, -0.25) is 4.79 Å². The fourth-order valence-electron chi connectivity index (χ4n) is 1.94. The lowest BCUT2D eigenvalue weighted by molar-refractivity contribution is 0.0948. The normalized spacial score (nSPS) is 13.3. The van der Waals surface area contributed by atoms with E-state index in [1.165, 1.54) is 36.4 Å². The van der Waals surface area contributed by atoms with Crippen LogP contribution in [-0.2, 0) is 9.84 Å². The van der Waals surface area contributed by atoms with Crippen molar-refractivity contribution in [1.29, 1.82) is 0 Å². The molecule has 0 fully saturated rings. The fraction of sp³-hybridized carbons (Fsp3) is 0.133. The Kier molecular flexibility index (Phi) is 6.52. The summed E-state index contributed by atoms with van der Waals surface area (Å²) in [7, 11) is -4.22. The summed E-state index contributed by atoms with van der Waals surface area (Å²) in [6, 6.07) is 11.3. The average Bonchev–Trinajstić information content (AvgIpc) is 2.52. The highest BCUT2D eigenvalue weighted by molar-refractivity contribution is 7.92. The van der Waals surface area contributed by atoms with E-state index in [0.717, 1.165) is 0 Å². The molecule has 0 heterocycles. The van der Waals surface area contributed by atoms with Gasteiger partial charge in [-0.1, -0.05) is 70.1 Å². The van der Waals surface area contributed by atoms with E-state index >= 15 is 0 Å². The third kappa shape index (κ3) is 4.94. The Morgan fingerprint density at radius 3 is 2.04 bits per heavy atom. The van der Waals surface area contributed by atoms with Crippen molar-refractivity contribution in [2.24, 2.45) is 0 Å². The fourth-order valence-corrected chi connectivity index (χ4v) is 4.91. The maximum absolute atomic E-state index is 12.8. The van der Waals surface area contributed by atoms with Crippen molar-refractivity contribution in [2.75, 3.05) is 0 Å². The van der Waals surface area contributed by atoms with Crippen LogP contribution >= 0.6 is 58.0 Å². The number of benzene rings is 2. The van der Waals surface area contributed by atoms with Crippen molar-refractivity contribution in [3.63, 3.8) is 0 Å². The minimum absolute atomic E-state index is 0.0507. The number of amides is 1. The Morgan fingerprint density at radius 2 is 1.52 bits per heavy atom. The molecule has 134 valence electrons. The minimum atomic E-state index is -4.22. The van der Waals surface area contributed by atoms with Crippen LogP contribution in [0.5, 0.6) is 0 Å². The standard InChI is InChI=1S/C15H10Cl5NO3S/c16-9-5-7-10(8-6-9)25(23,24)14(15(18,19)20)21-13(22)11-3-1-2-4-12(11)17/h1-8,14H,(H,21,22)/t14-/m0/s1. The zero-order valence-electron chi connectivity index (χ0n) is 12.2. The van der Waals surface area contributed by atoms with Crippen LogP contribution in [0.15, 0.2) is 53.4 Å².